The van der Waals surface area contributed by atoms with E-state index in [2.05, 4.69) is 98.2 Å². The molecule has 1 aliphatic rings. The summed E-state index contributed by atoms with van der Waals surface area (Å²) in [5.41, 5.74) is 8.28. The van der Waals surface area contributed by atoms with Crippen LogP contribution in [0, 0.1) is 6.92 Å². The van der Waals surface area contributed by atoms with E-state index in [1.165, 1.54) is 37.5 Å². The molecule has 0 saturated carbocycles. The molecule has 0 fully saturated rings. The molecule has 0 saturated heterocycles. The van der Waals surface area contributed by atoms with Crippen LogP contribution in [-0.4, -0.2) is 32.2 Å². The van der Waals surface area contributed by atoms with E-state index in [-0.39, 0.29) is 6.04 Å². The van der Waals surface area contributed by atoms with Gasteiger partial charge in [-0.05, 0) is 0 Å². The molecule has 3 nitrogen and oxygen atoms in total. The van der Waals surface area contributed by atoms with Gasteiger partial charge in [-0.25, -0.2) is 0 Å². The molecule has 3 aromatic carbocycles. The van der Waals surface area contributed by atoms with Crippen LogP contribution in [0.25, 0.3) is 0 Å². The molecular formula is C32H37BHgN3. The third-order valence-corrected chi connectivity index (χ3v) is 7.94. The van der Waals surface area contributed by atoms with Gasteiger partial charge in [0.2, 0.25) is 0 Å². The van der Waals surface area contributed by atoms with Crippen molar-refractivity contribution in [2.75, 3.05) is 13.1 Å². The Kier molecular flexibility index (Phi) is 11.9. The molecule has 0 aromatic heterocycles. The molecule has 0 unspecified atom stereocenters. The summed E-state index contributed by atoms with van der Waals surface area (Å²) in [5, 5.41) is 3.54. The molecule has 4 rings (SSSR count). The van der Waals surface area contributed by atoms with Crippen LogP contribution in [0.5, 0.6) is 0 Å². The van der Waals surface area contributed by atoms with Crippen molar-refractivity contribution in [1.29, 1.82) is 0 Å². The minimum absolute atomic E-state index is 0.0317. The van der Waals surface area contributed by atoms with Gasteiger partial charge in [0, 0.05) is 0 Å². The van der Waals surface area contributed by atoms with Crippen LogP contribution in [0.3, 0.4) is 0 Å². The van der Waals surface area contributed by atoms with E-state index in [0.717, 1.165) is 37.1 Å². The summed E-state index contributed by atoms with van der Waals surface area (Å²) in [6.45, 7) is 13.5. The van der Waals surface area contributed by atoms with Crippen molar-refractivity contribution in [2.24, 2.45) is 4.99 Å². The Bertz CT molecular complexity index is 1170. The maximum atomic E-state index is 6.00. The Morgan fingerprint density at radius 3 is 2.19 bits per heavy atom. The van der Waals surface area contributed by atoms with E-state index in [1.807, 2.05) is 24.5 Å². The molecule has 1 N–H and O–H groups in total. The summed E-state index contributed by atoms with van der Waals surface area (Å²) in [7, 11) is 6.00. The predicted octanol–water partition coefficient (Wildman–Crippen LogP) is 6.13. The molecule has 2 radical (unpaired) electrons. The van der Waals surface area contributed by atoms with E-state index in [0.29, 0.717) is 26.1 Å². The Morgan fingerprint density at radius 1 is 1.05 bits per heavy atom. The van der Waals surface area contributed by atoms with Crippen molar-refractivity contribution in [1.82, 2.24) is 10.2 Å². The van der Waals surface area contributed by atoms with Crippen LogP contribution in [0.2, 0.25) is 0 Å². The zero-order valence-electron chi connectivity index (χ0n) is 22.6. The number of nitrogens with zero attached hydrogens (tertiary/aromatic N) is 2. The summed E-state index contributed by atoms with van der Waals surface area (Å²) in [6.07, 6.45) is 4.10. The van der Waals surface area contributed by atoms with E-state index in [1.54, 1.807) is 0 Å². The summed E-state index contributed by atoms with van der Waals surface area (Å²) in [6, 6.07) is 27.2. The quantitative estimate of drug-likeness (QED) is 0.177. The van der Waals surface area contributed by atoms with E-state index in [4.69, 9.17) is 12.8 Å². The number of rotatable bonds is 8. The van der Waals surface area contributed by atoms with Gasteiger partial charge in [-0.1, -0.05) is 20.3 Å². The van der Waals surface area contributed by atoms with Crippen LogP contribution in [0.4, 0.5) is 0 Å². The van der Waals surface area contributed by atoms with Crippen molar-refractivity contribution in [3.05, 3.63) is 122 Å². The fraction of sp³-hybridized carbons (Fsp3) is 0.281. The van der Waals surface area contributed by atoms with Crippen LogP contribution >= 0.6 is 0 Å². The van der Waals surface area contributed by atoms with E-state index in [9.17, 15) is 0 Å². The molecule has 37 heavy (non-hydrogen) atoms. The summed E-state index contributed by atoms with van der Waals surface area (Å²) in [4.78, 5) is 7.44. The first-order chi connectivity index (χ1) is 17.9. The van der Waals surface area contributed by atoms with Crippen molar-refractivity contribution >= 4 is 19.6 Å². The molecule has 0 bridgehead atoms. The molecule has 5 heteroatoms. The number of hydrogen-bond acceptors (Lipinski definition) is 2. The Morgan fingerprint density at radius 2 is 1.65 bits per heavy atom. The topological polar surface area (TPSA) is 27.6 Å². The molecule has 185 valence electrons. The minimum atomic E-state index is -0.0317. The second-order valence-electron chi connectivity index (χ2n) is 9.57. The van der Waals surface area contributed by atoms with E-state index >= 15 is 0 Å². The fourth-order valence-electron chi connectivity index (χ4n) is 4.36. The SMILES string of the molecule is CCC.[B]c1ccc(CN2CCC(NC=NC(c3ccccc3)c3ccccc3)=C([C](=C)[Hg])C2)cc1C. The summed E-state index contributed by atoms with van der Waals surface area (Å²) >= 11 is 0.488. The Balaban J connectivity index is 0.00000121. The van der Waals surface area contributed by atoms with Gasteiger partial charge < -0.3 is 0 Å². The van der Waals surface area contributed by atoms with Gasteiger partial charge in [0.1, 0.15) is 0 Å². The van der Waals surface area contributed by atoms with Gasteiger partial charge in [0.25, 0.3) is 0 Å². The summed E-state index contributed by atoms with van der Waals surface area (Å²) in [5.74, 6) is 0. The number of hydrogen-bond donors (Lipinski definition) is 1. The maximum absolute atomic E-state index is 6.00. The molecular weight excluding hydrogens is 638 g/mol. The standard InChI is InChI=1S/C29H29BN3.C3H8.Hg/c1-3-24-20-33(19-23-14-15-27(30)22(2)18-23)17-16-28(24)31-21-32-29(25-10-6-4-7-11-25)26-12-8-5-9-13-26;1-3-2;/h4-15,18,21,29H,1,16-17,19-20H2,2H3,(H,31,32);3H2,1-2H3;. The summed E-state index contributed by atoms with van der Waals surface area (Å²) < 4.78 is 1.29. The number of aryl methyl sites for hydroxylation is 1. The van der Waals surface area contributed by atoms with Crippen molar-refractivity contribution in [3.8, 4) is 0 Å². The first kappa shape index (κ1) is 29.1. The van der Waals surface area contributed by atoms with Crippen molar-refractivity contribution in [3.63, 3.8) is 0 Å². The fourth-order valence-corrected chi connectivity index (χ4v) is 5.62. The van der Waals surface area contributed by atoms with E-state index < -0.39 is 0 Å². The average molecular weight is 675 g/mol. The number of aliphatic imine (C=N–C) groups is 1. The zero-order chi connectivity index (χ0) is 26.6. The Labute approximate surface area is 241 Å². The zero-order valence-corrected chi connectivity index (χ0v) is 28.1. The molecule has 1 heterocycles. The molecule has 3 aromatic rings. The second-order valence-corrected chi connectivity index (χ2v) is 12.9. The third kappa shape index (κ3) is 8.83. The first-order valence-electron chi connectivity index (χ1n) is 13.1. The molecule has 1 aliphatic heterocycles. The van der Waals surface area contributed by atoms with Gasteiger partial charge in [-0.2, -0.15) is 0 Å². The van der Waals surface area contributed by atoms with Crippen LogP contribution in [-0.2, 0) is 32.7 Å². The van der Waals surface area contributed by atoms with Crippen molar-refractivity contribution < 1.29 is 26.1 Å². The predicted molar refractivity (Wildman–Crippen MR) is 155 cm³/mol. The van der Waals surface area contributed by atoms with Crippen LogP contribution in [0.1, 0.15) is 55.0 Å². The van der Waals surface area contributed by atoms with Crippen LogP contribution in [0.15, 0.2) is 105 Å². The molecule has 0 spiro atoms. The van der Waals surface area contributed by atoms with Gasteiger partial charge in [0.05, 0.1) is 0 Å². The van der Waals surface area contributed by atoms with Crippen molar-refractivity contribution in [2.45, 2.75) is 46.2 Å². The third-order valence-electron chi connectivity index (χ3n) is 6.28. The number of nitrogens with one attached hydrogen (secondary N) is 1. The van der Waals surface area contributed by atoms with Crippen LogP contribution < -0.4 is 10.8 Å². The Hall–Kier alpha value is -2.43. The average Bonchev–Trinajstić information content (AvgIpc) is 2.91. The van der Waals surface area contributed by atoms with Gasteiger partial charge in [0.15, 0.2) is 0 Å². The molecule has 0 amide bonds. The van der Waals surface area contributed by atoms with Gasteiger partial charge in [-0.15, -0.1) is 0 Å². The van der Waals surface area contributed by atoms with Gasteiger partial charge >= 0.3 is 222 Å². The normalized spacial score (nSPS) is 14.0. The van der Waals surface area contributed by atoms with Gasteiger partial charge in [-0.3, -0.25) is 0 Å². The number of benzene rings is 3. The monoisotopic (exact) mass is 676 g/mol. The molecule has 0 atom stereocenters. The first-order valence-corrected chi connectivity index (χ1v) is 15.9. The molecule has 0 aliphatic carbocycles. The second kappa shape index (κ2) is 15.1.